The minimum absolute atomic E-state index is 0. The van der Waals surface area contributed by atoms with Crippen molar-refractivity contribution in [3.63, 3.8) is 0 Å². The average Bonchev–Trinajstić information content (AvgIpc) is 2.30. The van der Waals surface area contributed by atoms with E-state index in [1.54, 1.807) is 24.5 Å². The maximum Gasteiger partial charge on any atom is 0.189 e. The van der Waals surface area contributed by atoms with E-state index < -0.39 is 0 Å². The summed E-state index contributed by atoms with van der Waals surface area (Å²) in [6, 6.07) is 4.99. The molecule has 0 spiro atoms. The average molecular weight is 213 g/mol. The van der Waals surface area contributed by atoms with Crippen LogP contribution in [0.4, 0.5) is 0 Å². The number of hydrogen-bond acceptors (Lipinski definition) is 3. The molecule has 2 rings (SSSR count). The Morgan fingerprint density at radius 1 is 1.14 bits per heavy atom. The highest BCUT2D eigenvalue weighted by atomic mass is 35.5. The molecule has 0 saturated heterocycles. The van der Waals surface area contributed by atoms with Crippen LogP contribution in [0.25, 0.3) is 11.3 Å². The van der Waals surface area contributed by atoms with Gasteiger partial charge in [-0.05, 0) is 12.1 Å². The molecule has 0 saturated carbocycles. The second kappa shape index (κ2) is 5.26. The molecule has 2 aliphatic rings. The molecule has 0 radical (unpaired) electrons. The van der Waals surface area contributed by atoms with Gasteiger partial charge >= 0.3 is 0 Å². The SMILES string of the molecule is Cl.O.O=c1cccc2nccncc1-2. The Kier molecular flexibility index (Phi) is 4.69. The fraction of sp³-hybridized carbons (Fsp3) is 0. The zero-order valence-corrected chi connectivity index (χ0v) is 7.99. The summed E-state index contributed by atoms with van der Waals surface area (Å²) in [6.07, 6.45) is 4.66. The molecule has 0 aromatic heterocycles. The van der Waals surface area contributed by atoms with Crippen molar-refractivity contribution < 1.29 is 5.48 Å². The minimum atomic E-state index is -0.0382. The van der Waals surface area contributed by atoms with Gasteiger partial charge in [-0.25, -0.2) is 0 Å². The number of hydrogen-bond donors (Lipinski definition) is 0. The lowest BCUT2D eigenvalue weighted by Gasteiger charge is -1.93. The molecular formula is C9H9ClN2O2. The molecule has 0 bridgehead atoms. The first-order valence-corrected chi connectivity index (χ1v) is 3.57. The van der Waals surface area contributed by atoms with Gasteiger partial charge in [0.15, 0.2) is 5.43 Å². The van der Waals surface area contributed by atoms with E-state index in [2.05, 4.69) is 9.97 Å². The molecule has 2 N–H and O–H groups in total. The van der Waals surface area contributed by atoms with Gasteiger partial charge in [-0.1, -0.05) is 6.07 Å². The van der Waals surface area contributed by atoms with Gasteiger partial charge in [0.05, 0.1) is 11.3 Å². The summed E-state index contributed by atoms with van der Waals surface area (Å²) in [7, 11) is 0. The highest BCUT2D eigenvalue weighted by molar-refractivity contribution is 5.85. The van der Waals surface area contributed by atoms with Gasteiger partial charge in [0.2, 0.25) is 0 Å². The first kappa shape index (κ1) is 12.5. The van der Waals surface area contributed by atoms with E-state index in [1.807, 2.05) is 0 Å². The van der Waals surface area contributed by atoms with Crippen LogP contribution in [0.15, 0.2) is 41.6 Å². The van der Waals surface area contributed by atoms with Crippen LogP contribution in [0.5, 0.6) is 0 Å². The van der Waals surface area contributed by atoms with Crippen molar-refractivity contribution in [2.24, 2.45) is 0 Å². The Labute approximate surface area is 86.7 Å². The van der Waals surface area contributed by atoms with E-state index in [4.69, 9.17) is 0 Å². The van der Waals surface area contributed by atoms with Crippen LogP contribution in [0.1, 0.15) is 0 Å². The number of rotatable bonds is 0. The van der Waals surface area contributed by atoms with E-state index in [1.165, 1.54) is 12.3 Å². The fourth-order valence-corrected chi connectivity index (χ4v) is 1.04. The molecule has 74 valence electrons. The molecule has 0 aromatic carbocycles. The number of halogens is 1. The van der Waals surface area contributed by atoms with Gasteiger partial charge in [0.1, 0.15) is 0 Å². The molecule has 0 amide bonds. The standard InChI is InChI=1S/C9H6N2O.ClH.H2O/c12-9-3-1-2-8-7(9)6-10-4-5-11-8;;/h1-6H;1H;1H2. The third-order valence-electron chi connectivity index (χ3n) is 1.61. The second-order valence-electron chi connectivity index (χ2n) is 2.39. The predicted octanol–water partition coefficient (Wildman–Crippen LogP) is 0.539. The molecule has 4 nitrogen and oxygen atoms in total. The van der Waals surface area contributed by atoms with Crippen LogP contribution in [0, 0.1) is 0 Å². The highest BCUT2D eigenvalue weighted by Crippen LogP contribution is 2.09. The van der Waals surface area contributed by atoms with E-state index in [-0.39, 0.29) is 23.3 Å². The van der Waals surface area contributed by atoms with Crippen LogP contribution < -0.4 is 5.43 Å². The minimum Gasteiger partial charge on any atom is -0.412 e. The quantitative estimate of drug-likeness (QED) is 0.640. The van der Waals surface area contributed by atoms with E-state index in [0.717, 1.165) is 0 Å². The normalized spacial score (nSPS) is 8.57. The summed E-state index contributed by atoms with van der Waals surface area (Å²) in [5, 5.41) is 0. The molecule has 1 aliphatic carbocycles. The first-order valence-electron chi connectivity index (χ1n) is 3.57. The third kappa shape index (κ3) is 2.25. The molecular weight excluding hydrogens is 204 g/mol. The van der Waals surface area contributed by atoms with Crippen LogP contribution in [-0.4, -0.2) is 15.4 Å². The van der Waals surface area contributed by atoms with Gasteiger partial charge < -0.3 is 5.48 Å². The van der Waals surface area contributed by atoms with Crippen molar-refractivity contribution in [1.29, 1.82) is 0 Å². The van der Waals surface area contributed by atoms with Crippen LogP contribution in [-0.2, 0) is 0 Å². The molecule has 5 heteroatoms. The van der Waals surface area contributed by atoms with Gasteiger partial charge in [-0.15, -0.1) is 12.4 Å². The number of fused-ring (bicyclic) bond motifs is 1. The molecule has 0 aromatic rings. The van der Waals surface area contributed by atoms with Crippen molar-refractivity contribution in [2.45, 2.75) is 0 Å². The smallest absolute Gasteiger partial charge is 0.189 e. The van der Waals surface area contributed by atoms with Crippen LogP contribution >= 0.6 is 12.4 Å². The Bertz CT molecular complexity index is 436. The highest BCUT2D eigenvalue weighted by Gasteiger charge is 2.02. The van der Waals surface area contributed by atoms with Crippen molar-refractivity contribution >= 4 is 12.4 Å². The van der Waals surface area contributed by atoms with Crippen molar-refractivity contribution in [2.75, 3.05) is 0 Å². The molecule has 1 heterocycles. The summed E-state index contributed by atoms with van der Waals surface area (Å²) in [4.78, 5) is 19.2. The topological polar surface area (TPSA) is 74.3 Å². The summed E-state index contributed by atoms with van der Waals surface area (Å²) >= 11 is 0. The van der Waals surface area contributed by atoms with Crippen LogP contribution in [0.3, 0.4) is 0 Å². The van der Waals surface area contributed by atoms with Gasteiger partial charge in [0.25, 0.3) is 0 Å². The number of benzene rings is 1. The van der Waals surface area contributed by atoms with Crippen molar-refractivity contribution in [3.8, 4) is 11.3 Å². The Morgan fingerprint density at radius 2 is 1.93 bits per heavy atom. The summed E-state index contributed by atoms with van der Waals surface area (Å²) in [6.45, 7) is 0. The first-order chi connectivity index (χ1) is 5.88. The lowest BCUT2D eigenvalue weighted by atomic mass is 10.1. The molecule has 0 atom stereocenters. The maximum atomic E-state index is 11.2. The molecule has 14 heavy (non-hydrogen) atoms. The van der Waals surface area contributed by atoms with Gasteiger partial charge in [-0.2, -0.15) is 0 Å². The Hall–Kier alpha value is -1.52. The number of aromatic nitrogens is 2. The van der Waals surface area contributed by atoms with Crippen molar-refractivity contribution in [3.05, 3.63) is 47.0 Å². The lowest BCUT2D eigenvalue weighted by Crippen LogP contribution is -2.02. The third-order valence-corrected chi connectivity index (χ3v) is 1.61. The van der Waals surface area contributed by atoms with Gasteiger partial charge in [-0.3, -0.25) is 14.8 Å². The second-order valence-corrected chi connectivity index (χ2v) is 2.39. The van der Waals surface area contributed by atoms with E-state index >= 15 is 0 Å². The van der Waals surface area contributed by atoms with E-state index in [0.29, 0.717) is 11.3 Å². The zero-order valence-electron chi connectivity index (χ0n) is 7.18. The summed E-state index contributed by atoms with van der Waals surface area (Å²) < 4.78 is 0. The predicted molar refractivity (Wildman–Crippen MR) is 55.8 cm³/mol. The Balaban J connectivity index is 0.000000845. The largest absolute Gasteiger partial charge is 0.412 e. The lowest BCUT2D eigenvalue weighted by molar-refractivity contribution is 0.824. The maximum absolute atomic E-state index is 11.2. The van der Waals surface area contributed by atoms with E-state index in [9.17, 15) is 4.79 Å². The molecule has 1 aliphatic heterocycles. The molecule has 0 unspecified atom stereocenters. The van der Waals surface area contributed by atoms with Gasteiger partial charge in [0, 0.05) is 18.6 Å². The van der Waals surface area contributed by atoms with Crippen molar-refractivity contribution in [1.82, 2.24) is 9.97 Å². The summed E-state index contributed by atoms with van der Waals surface area (Å²) in [5.74, 6) is 0. The Morgan fingerprint density at radius 3 is 2.71 bits per heavy atom. The fourth-order valence-electron chi connectivity index (χ4n) is 1.04. The summed E-state index contributed by atoms with van der Waals surface area (Å²) in [5.41, 5.74) is 1.20. The molecule has 0 fully saturated rings. The number of nitrogens with zero attached hydrogens (tertiary/aromatic N) is 2. The monoisotopic (exact) mass is 212 g/mol. The van der Waals surface area contributed by atoms with Crippen LogP contribution in [0.2, 0.25) is 0 Å². The zero-order chi connectivity index (χ0) is 8.39.